The minimum atomic E-state index is -4.24. The molecule has 3 N–H and O–H groups in total. The molecule has 3 aliphatic rings. The van der Waals surface area contributed by atoms with Crippen molar-refractivity contribution in [1.82, 2.24) is 24.7 Å². The Labute approximate surface area is 278 Å². The Morgan fingerprint density at radius 3 is 2.52 bits per heavy atom. The zero-order valence-electron chi connectivity index (χ0n) is 26.9. The second-order valence-electron chi connectivity index (χ2n) is 14.2. The fourth-order valence-electron chi connectivity index (χ4n) is 6.60. The van der Waals surface area contributed by atoms with Gasteiger partial charge in [0.05, 0.1) is 29.6 Å². The summed E-state index contributed by atoms with van der Waals surface area (Å²) in [6.45, 7) is 5.71. The molecule has 6 rings (SSSR count). The van der Waals surface area contributed by atoms with Crippen molar-refractivity contribution in [3.63, 3.8) is 0 Å². The fraction of sp³-hybridized carbons (Fsp3) is 0.441. The molecule has 3 heterocycles. The number of carbonyl (C=O) groups excluding carboxylic acids is 3. The fourth-order valence-corrected chi connectivity index (χ4v) is 7.74. The van der Waals surface area contributed by atoms with E-state index in [1.807, 2.05) is 32.9 Å². The zero-order valence-corrected chi connectivity index (χ0v) is 27.8. The normalized spacial score (nSPS) is 21.8. The van der Waals surface area contributed by atoms with Gasteiger partial charge in [-0.3, -0.25) is 14.4 Å². The Balaban J connectivity index is 1.23. The molecule has 0 bridgehead atoms. The van der Waals surface area contributed by atoms with Crippen LogP contribution < -0.4 is 15.4 Å². The van der Waals surface area contributed by atoms with Crippen molar-refractivity contribution in [1.29, 1.82) is 5.26 Å². The molecule has 2 aromatic carbocycles. The number of carbonyl (C=O) groups is 3. The average Bonchev–Trinajstić information content (AvgIpc) is 3.43. The van der Waals surface area contributed by atoms with Crippen LogP contribution in [0, 0.1) is 28.5 Å². The van der Waals surface area contributed by atoms with E-state index in [2.05, 4.69) is 26.5 Å². The third-order valence-corrected chi connectivity index (χ3v) is 10.6. The molecule has 2 fully saturated rings. The van der Waals surface area contributed by atoms with Crippen LogP contribution in [0.4, 0.5) is 10.1 Å². The van der Waals surface area contributed by atoms with Crippen LogP contribution in [-0.2, 0) is 29.8 Å². The Hall–Kier alpha value is -4.61. The first-order chi connectivity index (χ1) is 22.7. The summed E-state index contributed by atoms with van der Waals surface area (Å²) >= 11 is 0. The molecule has 48 heavy (non-hydrogen) atoms. The molecular weight excluding hydrogens is 637 g/mol. The molecule has 1 aromatic heterocycles. The summed E-state index contributed by atoms with van der Waals surface area (Å²) in [4.78, 5) is 42.7. The van der Waals surface area contributed by atoms with E-state index in [1.165, 1.54) is 40.0 Å². The Kier molecular flexibility index (Phi) is 8.63. The van der Waals surface area contributed by atoms with Crippen LogP contribution in [-0.4, -0.2) is 65.5 Å². The number of fused-ring (bicyclic) bond motifs is 2. The van der Waals surface area contributed by atoms with Gasteiger partial charge in [0, 0.05) is 18.7 Å². The summed E-state index contributed by atoms with van der Waals surface area (Å²) in [6.07, 6.45) is 4.67. The number of para-hydroxylation sites is 1. The summed E-state index contributed by atoms with van der Waals surface area (Å²) < 4.78 is 44.2. The maximum absolute atomic E-state index is 14.3. The number of nitriles is 1. The summed E-state index contributed by atoms with van der Waals surface area (Å²) in [5.74, 6) is -1.75. The number of nitrogens with one attached hydrogen (secondary N) is 3. The Morgan fingerprint density at radius 2 is 1.85 bits per heavy atom. The van der Waals surface area contributed by atoms with Gasteiger partial charge in [0.25, 0.3) is 0 Å². The topological polar surface area (TPSA) is 166 Å². The summed E-state index contributed by atoms with van der Waals surface area (Å²) in [7, 11) is -4.24. The third kappa shape index (κ3) is 6.70. The summed E-state index contributed by atoms with van der Waals surface area (Å²) in [5, 5.41) is 19.9. The predicted octanol–water partition coefficient (Wildman–Crippen LogP) is 3.39. The monoisotopic (exact) mass is 675 g/mol. The Morgan fingerprint density at radius 1 is 1.15 bits per heavy atom. The minimum Gasteiger partial charge on any atom is -0.343 e. The van der Waals surface area contributed by atoms with Gasteiger partial charge >= 0.3 is 0 Å². The van der Waals surface area contributed by atoms with E-state index in [4.69, 9.17) is 0 Å². The minimum absolute atomic E-state index is 0.0282. The third-order valence-electron chi connectivity index (χ3n) is 9.19. The van der Waals surface area contributed by atoms with Gasteiger partial charge < -0.3 is 15.5 Å². The van der Waals surface area contributed by atoms with Crippen molar-refractivity contribution in [2.75, 3.05) is 11.9 Å². The molecule has 3 amide bonds. The van der Waals surface area contributed by atoms with Crippen LogP contribution in [0.2, 0.25) is 0 Å². The van der Waals surface area contributed by atoms with Crippen LogP contribution in [0.15, 0.2) is 65.8 Å². The van der Waals surface area contributed by atoms with E-state index >= 15 is 0 Å². The lowest BCUT2D eigenvalue weighted by Crippen LogP contribution is -2.56. The highest BCUT2D eigenvalue weighted by molar-refractivity contribution is 7.89. The van der Waals surface area contributed by atoms with Gasteiger partial charge in [0.15, 0.2) is 0 Å². The molecular formula is C34H38FN7O5S. The van der Waals surface area contributed by atoms with Crippen molar-refractivity contribution < 1.29 is 27.2 Å². The van der Waals surface area contributed by atoms with Crippen LogP contribution in [0.25, 0.3) is 5.69 Å². The maximum atomic E-state index is 14.3. The second kappa shape index (κ2) is 12.4. The molecule has 1 saturated heterocycles. The second-order valence-corrected chi connectivity index (χ2v) is 15.9. The van der Waals surface area contributed by atoms with E-state index in [-0.39, 0.29) is 42.5 Å². The smallest absolute Gasteiger partial charge is 0.246 e. The van der Waals surface area contributed by atoms with E-state index in [0.717, 1.165) is 24.6 Å². The molecule has 0 unspecified atom stereocenters. The van der Waals surface area contributed by atoms with Gasteiger partial charge in [-0.15, -0.1) is 0 Å². The molecule has 4 atom stereocenters. The number of hydrogen-bond acceptors (Lipinski definition) is 7. The Bertz CT molecular complexity index is 1890. The molecule has 1 saturated carbocycles. The number of likely N-dealkylation sites (tertiary alicyclic amines) is 1. The maximum Gasteiger partial charge on any atom is 0.246 e. The molecule has 3 aromatic rings. The number of rotatable bonds is 10. The summed E-state index contributed by atoms with van der Waals surface area (Å²) in [6, 6.07) is 11.6. The van der Waals surface area contributed by atoms with Crippen LogP contribution in [0.5, 0.6) is 0 Å². The quantitative estimate of drug-likeness (QED) is 0.296. The SMILES string of the molecule is CC(C)(C)C[C@H](NC(=O)[C@H](CC1CC1)NS(=O)(=O)c1cnn(-c2ccc(F)cc2)c1)C(=O)N1C[C@]2(C[C@H]1C#N)C(=O)Nc1ccccc12. The molecule has 1 spiro atoms. The van der Waals surface area contributed by atoms with Crippen molar-refractivity contribution in [2.24, 2.45) is 11.3 Å². The highest BCUT2D eigenvalue weighted by Gasteiger charge is 2.56. The summed E-state index contributed by atoms with van der Waals surface area (Å²) in [5.41, 5.74) is 0.290. The standard InChI is InChI=1S/C34H38FN7O5S/c1-33(2,3)16-29(31(44)41-20-34(15-24(41)17-36)26-6-4-5-7-27(26)39-32(34)45)38-30(43)28(14-21-8-9-21)40-48(46,47)25-18-37-42(19-25)23-12-10-22(35)11-13-23/h4-7,10-13,18-19,21,24,28-29,40H,8-9,14-16,20H2,1-3H3,(H,38,43)(H,39,45)/t24-,28-,29-,34-/m0/s1. The van der Waals surface area contributed by atoms with Gasteiger partial charge in [0.1, 0.15) is 28.8 Å². The van der Waals surface area contributed by atoms with Crippen molar-refractivity contribution >= 4 is 33.4 Å². The zero-order chi connectivity index (χ0) is 34.4. The largest absolute Gasteiger partial charge is 0.343 e. The lowest BCUT2D eigenvalue weighted by atomic mass is 9.80. The van der Waals surface area contributed by atoms with Gasteiger partial charge in [-0.2, -0.15) is 15.1 Å². The van der Waals surface area contributed by atoms with Crippen LogP contribution in [0.1, 0.15) is 58.4 Å². The number of anilines is 1. The lowest BCUT2D eigenvalue weighted by molar-refractivity contribution is -0.138. The first-order valence-electron chi connectivity index (χ1n) is 15.9. The van der Waals surface area contributed by atoms with Gasteiger partial charge in [-0.25, -0.2) is 17.5 Å². The number of halogens is 1. The number of sulfonamides is 1. The first kappa shape index (κ1) is 33.3. The van der Waals surface area contributed by atoms with Crippen molar-refractivity contribution in [3.8, 4) is 11.8 Å². The molecule has 14 heteroatoms. The van der Waals surface area contributed by atoms with Crippen LogP contribution in [0.3, 0.4) is 0 Å². The number of hydrogen-bond donors (Lipinski definition) is 3. The van der Waals surface area contributed by atoms with Gasteiger partial charge in [0.2, 0.25) is 27.7 Å². The van der Waals surface area contributed by atoms with Crippen LogP contribution >= 0.6 is 0 Å². The van der Waals surface area contributed by atoms with Gasteiger partial charge in [-0.1, -0.05) is 51.8 Å². The van der Waals surface area contributed by atoms with E-state index in [9.17, 15) is 32.5 Å². The van der Waals surface area contributed by atoms with E-state index in [0.29, 0.717) is 11.4 Å². The molecule has 2 aliphatic heterocycles. The van der Waals surface area contributed by atoms with Gasteiger partial charge in [-0.05, 0) is 60.1 Å². The highest BCUT2D eigenvalue weighted by atomic mass is 32.2. The lowest BCUT2D eigenvalue weighted by Gasteiger charge is -2.32. The highest BCUT2D eigenvalue weighted by Crippen LogP contribution is 2.46. The number of nitrogens with zero attached hydrogens (tertiary/aromatic N) is 4. The molecule has 0 radical (unpaired) electrons. The van der Waals surface area contributed by atoms with Crippen molar-refractivity contribution in [2.45, 2.75) is 81.3 Å². The average molecular weight is 676 g/mol. The molecule has 1 aliphatic carbocycles. The number of aromatic nitrogens is 2. The molecule has 12 nitrogen and oxygen atoms in total. The number of benzene rings is 2. The van der Waals surface area contributed by atoms with E-state index in [1.54, 1.807) is 12.1 Å². The van der Waals surface area contributed by atoms with Crippen molar-refractivity contribution in [3.05, 3.63) is 72.3 Å². The van der Waals surface area contributed by atoms with E-state index < -0.39 is 56.6 Å². The predicted molar refractivity (Wildman–Crippen MR) is 173 cm³/mol. The first-order valence-corrected chi connectivity index (χ1v) is 17.4. The molecule has 252 valence electrons. The number of amides is 3.